The van der Waals surface area contributed by atoms with Crippen molar-refractivity contribution in [3.8, 4) is 5.75 Å². The third-order valence-electron chi connectivity index (χ3n) is 4.43. The molecule has 136 valence electrons. The predicted molar refractivity (Wildman–Crippen MR) is 107 cm³/mol. The number of allylic oxidation sites excluding steroid dienone is 1. The number of hydrogen-bond donors (Lipinski definition) is 3. The molecule has 2 aromatic carbocycles. The molecule has 0 saturated heterocycles. The van der Waals surface area contributed by atoms with Crippen molar-refractivity contribution < 1.29 is 9.90 Å². The molecule has 5 nitrogen and oxygen atoms in total. The van der Waals surface area contributed by atoms with Gasteiger partial charge in [0.2, 0.25) is 0 Å². The molecule has 0 aromatic heterocycles. The Balaban J connectivity index is 2.11. The zero-order valence-corrected chi connectivity index (χ0v) is 15.9. The Morgan fingerprint density at radius 1 is 1.12 bits per heavy atom. The highest BCUT2D eigenvalue weighted by atomic mass is 16.3. The van der Waals surface area contributed by atoms with E-state index in [1.54, 1.807) is 24.2 Å². The van der Waals surface area contributed by atoms with Crippen LogP contribution in [-0.2, 0) is 5.41 Å². The second kappa shape index (κ2) is 6.09. The molecule has 0 radical (unpaired) electrons. The number of phenols is 1. The van der Waals surface area contributed by atoms with Crippen molar-refractivity contribution >= 4 is 22.8 Å². The maximum Gasteiger partial charge on any atom is 0.188 e. The van der Waals surface area contributed by atoms with Gasteiger partial charge in [-0.2, -0.15) is 5.12 Å². The third kappa shape index (κ3) is 3.12. The van der Waals surface area contributed by atoms with Gasteiger partial charge in [0.05, 0.1) is 11.4 Å². The lowest BCUT2D eigenvalue weighted by atomic mass is 9.84. The fraction of sp³-hybridized carbons (Fsp3) is 0.286. The summed E-state index contributed by atoms with van der Waals surface area (Å²) in [5, 5.41) is 12.6. The summed E-state index contributed by atoms with van der Waals surface area (Å²) in [5.41, 5.74) is 11.2. The van der Waals surface area contributed by atoms with Gasteiger partial charge in [-0.3, -0.25) is 15.6 Å². The largest absolute Gasteiger partial charge is 0.505 e. The first-order chi connectivity index (χ1) is 12.1. The lowest BCUT2D eigenvalue weighted by Gasteiger charge is -2.27. The van der Waals surface area contributed by atoms with Crippen molar-refractivity contribution in [2.24, 2.45) is 0 Å². The molecule has 0 saturated carbocycles. The molecule has 3 rings (SSSR count). The number of benzene rings is 2. The molecule has 0 unspecified atom stereocenters. The normalized spacial score (nSPS) is 13.0. The summed E-state index contributed by atoms with van der Waals surface area (Å²) >= 11 is 0. The van der Waals surface area contributed by atoms with Crippen molar-refractivity contribution in [3.63, 3.8) is 0 Å². The number of aromatic hydroxyl groups is 1. The van der Waals surface area contributed by atoms with Crippen LogP contribution in [0.1, 0.15) is 49.2 Å². The number of nitrogens with one attached hydrogen (secondary N) is 2. The van der Waals surface area contributed by atoms with Crippen LogP contribution in [0.2, 0.25) is 0 Å². The van der Waals surface area contributed by atoms with Crippen molar-refractivity contribution in [2.45, 2.75) is 40.0 Å². The molecule has 2 aromatic rings. The second-order valence-electron chi connectivity index (χ2n) is 7.86. The van der Waals surface area contributed by atoms with Gasteiger partial charge in [0, 0.05) is 11.1 Å². The number of Topliss-reactive ketones (excluding diaryl/α,β-unsaturated/α-hetero) is 1. The van der Waals surface area contributed by atoms with Gasteiger partial charge >= 0.3 is 0 Å². The summed E-state index contributed by atoms with van der Waals surface area (Å²) < 4.78 is 0. The van der Waals surface area contributed by atoms with Crippen LogP contribution in [0.15, 0.2) is 42.5 Å². The SMILES string of the molecule is C=C(C)C(=O)c1cc(N2Nc3ccc(C)cc3N2)c(O)c(C(C)(C)C)c1. The Morgan fingerprint density at radius 3 is 2.38 bits per heavy atom. The minimum Gasteiger partial charge on any atom is -0.505 e. The highest BCUT2D eigenvalue weighted by Crippen LogP contribution is 2.42. The number of carbonyl (C=O) groups is 1. The van der Waals surface area contributed by atoms with Crippen LogP contribution in [0, 0.1) is 6.92 Å². The van der Waals surface area contributed by atoms with Gasteiger partial charge in [0.15, 0.2) is 5.78 Å². The van der Waals surface area contributed by atoms with Gasteiger partial charge in [0.1, 0.15) is 11.4 Å². The van der Waals surface area contributed by atoms with Gasteiger partial charge in [-0.15, -0.1) is 0 Å². The summed E-state index contributed by atoms with van der Waals surface area (Å²) in [4.78, 5) is 12.5. The Bertz CT molecular complexity index is 910. The van der Waals surface area contributed by atoms with Crippen molar-refractivity contribution in [1.82, 2.24) is 0 Å². The van der Waals surface area contributed by atoms with Crippen LogP contribution >= 0.6 is 0 Å². The average molecular weight is 351 g/mol. The number of phenolic OH excluding ortho intramolecular Hbond substituents is 1. The molecular formula is C21H25N3O2. The summed E-state index contributed by atoms with van der Waals surface area (Å²) in [5.74, 6) is 0.00426. The predicted octanol–water partition coefficient (Wildman–Crippen LogP) is 4.93. The molecule has 3 N–H and O–H groups in total. The first kappa shape index (κ1) is 17.9. The highest BCUT2D eigenvalue weighted by Gasteiger charge is 2.28. The van der Waals surface area contributed by atoms with E-state index in [0.29, 0.717) is 22.4 Å². The molecular weight excluding hydrogens is 326 g/mol. The number of anilines is 3. The Morgan fingerprint density at radius 2 is 1.77 bits per heavy atom. The van der Waals surface area contributed by atoms with Gasteiger partial charge in [0.25, 0.3) is 0 Å². The van der Waals surface area contributed by atoms with E-state index in [1.165, 1.54) is 0 Å². The van der Waals surface area contributed by atoms with Crippen molar-refractivity contribution in [2.75, 3.05) is 16.0 Å². The molecule has 0 aliphatic carbocycles. The maximum atomic E-state index is 12.5. The minimum atomic E-state index is -0.326. The second-order valence-corrected chi connectivity index (χ2v) is 7.86. The van der Waals surface area contributed by atoms with Crippen LogP contribution in [0.25, 0.3) is 0 Å². The van der Waals surface area contributed by atoms with Crippen LogP contribution in [0.3, 0.4) is 0 Å². The fourth-order valence-electron chi connectivity index (χ4n) is 2.98. The summed E-state index contributed by atoms with van der Waals surface area (Å²) in [6, 6.07) is 9.44. The third-order valence-corrected chi connectivity index (χ3v) is 4.43. The van der Waals surface area contributed by atoms with Crippen molar-refractivity contribution in [3.05, 3.63) is 59.2 Å². The average Bonchev–Trinajstić information content (AvgIpc) is 2.95. The lowest BCUT2D eigenvalue weighted by Crippen LogP contribution is -2.30. The quantitative estimate of drug-likeness (QED) is 0.540. The molecule has 0 amide bonds. The maximum absolute atomic E-state index is 12.5. The van der Waals surface area contributed by atoms with E-state index >= 15 is 0 Å². The smallest absolute Gasteiger partial charge is 0.188 e. The van der Waals surface area contributed by atoms with Crippen LogP contribution in [-0.4, -0.2) is 10.9 Å². The van der Waals surface area contributed by atoms with E-state index in [-0.39, 0.29) is 16.9 Å². The van der Waals surface area contributed by atoms with E-state index in [0.717, 1.165) is 16.9 Å². The number of rotatable bonds is 3. The molecule has 26 heavy (non-hydrogen) atoms. The summed E-state index contributed by atoms with van der Waals surface area (Å²) in [6.07, 6.45) is 0. The van der Waals surface area contributed by atoms with E-state index in [4.69, 9.17) is 0 Å². The first-order valence-electron chi connectivity index (χ1n) is 8.59. The Labute approximate surface area is 154 Å². The zero-order valence-electron chi connectivity index (χ0n) is 15.9. The monoisotopic (exact) mass is 351 g/mol. The molecule has 0 fully saturated rings. The van der Waals surface area contributed by atoms with Crippen LogP contribution in [0.5, 0.6) is 5.75 Å². The standard InChI is InChI=1S/C21H25N3O2/c1-12(2)19(25)14-10-15(21(4,5)6)20(26)18(11-14)24-22-16-8-7-13(3)9-17(16)23-24/h7-11,22-23,26H,1H2,2-6H3. The van der Waals surface area contributed by atoms with Gasteiger partial charge < -0.3 is 5.11 Å². The van der Waals surface area contributed by atoms with Crippen LogP contribution in [0.4, 0.5) is 17.1 Å². The minimum absolute atomic E-state index is 0.135. The molecule has 1 aliphatic rings. The van der Waals surface area contributed by atoms with Gasteiger partial charge in [-0.05, 0) is 54.7 Å². The van der Waals surface area contributed by atoms with E-state index in [2.05, 4.69) is 17.4 Å². The zero-order chi connectivity index (χ0) is 19.2. The topological polar surface area (TPSA) is 64.6 Å². The highest BCUT2D eigenvalue weighted by molar-refractivity contribution is 6.09. The Kier molecular flexibility index (Phi) is 4.18. The Hall–Kier alpha value is -2.95. The molecule has 5 heteroatoms. The van der Waals surface area contributed by atoms with Crippen molar-refractivity contribution in [1.29, 1.82) is 0 Å². The molecule has 1 heterocycles. The molecule has 0 spiro atoms. The summed E-state index contributed by atoms with van der Waals surface area (Å²) in [7, 11) is 0. The number of carbonyl (C=O) groups excluding carboxylic acids is 1. The number of aryl methyl sites for hydroxylation is 1. The van der Waals surface area contributed by atoms with E-state index < -0.39 is 0 Å². The molecule has 0 atom stereocenters. The number of ketones is 1. The number of hydrogen-bond acceptors (Lipinski definition) is 5. The molecule has 1 aliphatic heterocycles. The number of fused-ring (bicyclic) bond motifs is 1. The van der Waals surface area contributed by atoms with Gasteiger partial charge in [-0.25, -0.2) is 0 Å². The molecule has 0 bridgehead atoms. The van der Waals surface area contributed by atoms with E-state index in [1.807, 2.05) is 45.9 Å². The fourth-order valence-corrected chi connectivity index (χ4v) is 2.98. The van der Waals surface area contributed by atoms with Gasteiger partial charge in [-0.1, -0.05) is 33.4 Å². The summed E-state index contributed by atoms with van der Waals surface area (Å²) in [6.45, 7) is 13.5. The first-order valence-corrected chi connectivity index (χ1v) is 8.59. The lowest BCUT2D eigenvalue weighted by molar-refractivity contribution is 0.103. The van der Waals surface area contributed by atoms with Crippen LogP contribution < -0.4 is 16.0 Å². The number of nitrogens with zero attached hydrogens (tertiary/aromatic N) is 1. The van der Waals surface area contributed by atoms with E-state index in [9.17, 15) is 9.90 Å². The number of hydrazine groups is 2.